The summed E-state index contributed by atoms with van der Waals surface area (Å²) in [6.45, 7) is 0.880. The average Bonchev–Trinajstić information content (AvgIpc) is 2.44. The fourth-order valence-corrected chi connectivity index (χ4v) is 1.61. The third kappa shape index (κ3) is 5.05. The molecule has 5 nitrogen and oxygen atoms in total. The fourth-order valence-electron chi connectivity index (χ4n) is 1.47. The maximum atomic E-state index is 11.6. The highest BCUT2D eigenvalue weighted by Crippen LogP contribution is 2.10. The van der Waals surface area contributed by atoms with Crippen LogP contribution < -0.4 is 10.1 Å². The Labute approximate surface area is 125 Å². The van der Waals surface area contributed by atoms with E-state index in [9.17, 15) is 4.79 Å². The lowest BCUT2D eigenvalue weighted by molar-refractivity contribution is -0.128. The Hall–Kier alpha value is -1.82. The van der Waals surface area contributed by atoms with Gasteiger partial charge in [-0.1, -0.05) is 12.1 Å². The minimum atomic E-state index is 0.0149. The molecule has 0 heterocycles. The number of hydrogen-bond acceptors (Lipinski definition) is 3. The molecule has 110 valence electrons. The van der Waals surface area contributed by atoms with Crippen LogP contribution in [-0.2, 0) is 11.3 Å². The van der Waals surface area contributed by atoms with Crippen LogP contribution in [0, 0.1) is 0 Å². The zero-order valence-electron chi connectivity index (χ0n) is 12.3. The highest BCUT2D eigenvalue weighted by atomic mass is 32.1. The van der Waals surface area contributed by atoms with E-state index in [-0.39, 0.29) is 12.5 Å². The molecule has 1 rings (SSSR count). The molecule has 20 heavy (non-hydrogen) atoms. The van der Waals surface area contributed by atoms with Crippen molar-refractivity contribution in [1.82, 2.24) is 15.1 Å². The number of carbonyl (C=O) groups is 1. The van der Waals surface area contributed by atoms with Crippen LogP contribution in [0.15, 0.2) is 24.3 Å². The van der Waals surface area contributed by atoms with Crippen molar-refractivity contribution in [3.63, 3.8) is 0 Å². The van der Waals surface area contributed by atoms with Crippen molar-refractivity contribution in [3.05, 3.63) is 29.8 Å². The van der Waals surface area contributed by atoms with Crippen LogP contribution in [0.4, 0.5) is 0 Å². The van der Waals surface area contributed by atoms with Crippen molar-refractivity contribution in [1.29, 1.82) is 0 Å². The summed E-state index contributed by atoms with van der Waals surface area (Å²) < 4.78 is 5.10. The Morgan fingerprint density at radius 2 is 1.85 bits per heavy atom. The highest BCUT2D eigenvalue weighted by Gasteiger charge is 2.10. The lowest BCUT2D eigenvalue weighted by Gasteiger charge is -2.22. The molecule has 0 aliphatic heterocycles. The lowest BCUT2D eigenvalue weighted by atomic mass is 10.2. The van der Waals surface area contributed by atoms with E-state index in [1.807, 2.05) is 24.3 Å². The van der Waals surface area contributed by atoms with Gasteiger partial charge in [-0.05, 0) is 29.9 Å². The fraction of sp³-hybridized carbons (Fsp3) is 0.429. The molecule has 1 N–H and O–H groups in total. The number of nitrogens with zero attached hydrogens (tertiary/aromatic N) is 2. The van der Waals surface area contributed by atoms with Crippen molar-refractivity contribution in [2.45, 2.75) is 6.54 Å². The van der Waals surface area contributed by atoms with Crippen molar-refractivity contribution >= 4 is 23.2 Å². The molecular formula is C14H21N3O2S. The third-order valence-corrected chi connectivity index (χ3v) is 3.28. The number of amides is 1. The first-order valence-corrected chi connectivity index (χ1v) is 6.67. The Morgan fingerprint density at radius 3 is 2.35 bits per heavy atom. The van der Waals surface area contributed by atoms with Gasteiger partial charge in [0, 0.05) is 27.7 Å². The van der Waals surface area contributed by atoms with Crippen LogP contribution >= 0.6 is 12.2 Å². The molecule has 0 unspecified atom stereocenters. The second kappa shape index (κ2) is 7.69. The molecule has 0 saturated heterocycles. The molecule has 0 spiro atoms. The van der Waals surface area contributed by atoms with Crippen LogP contribution in [-0.4, -0.2) is 55.6 Å². The highest BCUT2D eigenvalue weighted by molar-refractivity contribution is 7.80. The Bertz CT molecular complexity index is 460. The van der Waals surface area contributed by atoms with Crippen molar-refractivity contribution in [2.24, 2.45) is 0 Å². The second-order valence-corrected chi connectivity index (χ2v) is 5.04. The molecule has 0 saturated carbocycles. The molecule has 0 aliphatic carbocycles. The van der Waals surface area contributed by atoms with Gasteiger partial charge >= 0.3 is 0 Å². The minimum absolute atomic E-state index is 0.0149. The maximum absolute atomic E-state index is 11.6. The summed E-state index contributed by atoms with van der Waals surface area (Å²) in [5.41, 5.74) is 1.10. The van der Waals surface area contributed by atoms with Gasteiger partial charge < -0.3 is 19.9 Å². The smallest absolute Gasteiger partial charge is 0.241 e. The predicted octanol–water partition coefficient (Wildman–Crippen LogP) is 1.09. The number of benzene rings is 1. The number of nitrogens with one attached hydrogen (secondary N) is 1. The summed E-state index contributed by atoms with van der Waals surface area (Å²) >= 11 is 5.25. The van der Waals surface area contributed by atoms with E-state index < -0.39 is 0 Å². The van der Waals surface area contributed by atoms with E-state index in [1.54, 1.807) is 38.1 Å². The first-order valence-electron chi connectivity index (χ1n) is 6.26. The van der Waals surface area contributed by atoms with E-state index >= 15 is 0 Å². The Balaban J connectivity index is 2.43. The molecule has 0 aliphatic rings. The van der Waals surface area contributed by atoms with E-state index in [2.05, 4.69) is 5.32 Å². The minimum Gasteiger partial charge on any atom is -0.497 e. The number of thiocarbonyl (C=S) groups is 1. The zero-order valence-corrected chi connectivity index (χ0v) is 13.2. The monoisotopic (exact) mass is 295 g/mol. The molecule has 1 aromatic carbocycles. The molecule has 6 heteroatoms. The second-order valence-electron chi connectivity index (χ2n) is 4.65. The number of ether oxygens (including phenoxy) is 1. The zero-order chi connectivity index (χ0) is 15.1. The number of methoxy groups -OCH3 is 1. The maximum Gasteiger partial charge on any atom is 0.241 e. The van der Waals surface area contributed by atoms with Gasteiger partial charge in [-0.3, -0.25) is 4.79 Å². The average molecular weight is 295 g/mol. The largest absolute Gasteiger partial charge is 0.497 e. The van der Waals surface area contributed by atoms with Crippen LogP contribution in [0.5, 0.6) is 5.75 Å². The first kappa shape index (κ1) is 16.2. The number of rotatable bonds is 5. The Morgan fingerprint density at radius 1 is 1.25 bits per heavy atom. The number of carbonyl (C=O) groups excluding carboxylic acids is 1. The normalized spacial score (nSPS) is 9.80. The number of hydrogen-bond donors (Lipinski definition) is 1. The van der Waals surface area contributed by atoms with Gasteiger partial charge in [0.1, 0.15) is 5.75 Å². The van der Waals surface area contributed by atoms with Crippen LogP contribution in [0.2, 0.25) is 0 Å². The molecule has 0 bridgehead atoms. The summed E-state index contributed by atoms with van der Waals surface area (Å²) in [5, 5.41) is 3.68. The summed E-state index contributed by atoms with van der Waals surface area (Å²) in [6.07, 6.45) is 0. The SMILES string of the molecule is COc1ccc(CNC(=S)N(C)CC(=O)N(C)C)cc1. The van der Waals surface area contributed by atoms with Gasteiger partial charge in [-0.2, -0.15) is 0 Å². The van der Waals surface area contributed by atoms with Gasteiger partial charge in [0.05, 0.1) is 13.7 Å². The molecule has 0 aromatic heterocycles. The molecule has 0 radical (unpaired) electrons. The molecular weight excluding hydrogens is 274 g/mol. The molecule has 0 fully saturated rings. The summed E-state index contributed by atoms with van der Waals surface area (Å²) in [6, 6.07) is 7.75. The van der Waals surface area contributed by atoms with E-state index in [0.29, 0.717) is 11.7 Å². The van der Waals surface area contributed by atoms with E-state index in [0.717, 1.165) is 11.3 Å². The van der Waals surface area contributed by atoms with Crippen molar-refractivity contribution in [2.75, 3.05) is 34.8 Å². The van der Waals surface area contributed by atoms with Gasteiger partial charge in [0.15, 0.2) is 5.11 Å². The molecule has 1 amide bonds. The number of likely N-dealkylation sites (N-methyl/N-ethyl adjacent to an activating group) is 2. The van der Waals surface area contributed by atoms with Gasteiger partial charge in [0.2, 0.25) is 5.91 Å². The van der Waals surface area contributed by atoms with E-state index in [1.165, 1.54) is 0 Å². The molecule has 1 aromatic rings. The van der Waals surface area contributed by atoms with Gasteiger partial charge in [0.25, 0.3) is 0 Å². The Kier molecular flexibility index (Phi) is 6.24. The van der Waals surface area contributed by atoms with Crippen LogP contribution in [0.3, 0.4) is 0 Å². The van der Waals surface area contributed by atoms with Crippen LogP contribution in [0.25, 0.3) is 0 Å². The lowest BCUT2D eigenvalue weighted by Crippen LogP contribution is -2.42. The summed E-state index contributed by atoms with van der Waals surface area (Å²) in [4.78, 5) is 14.9. The van der Waals surface area contributed by atoms with Crippen molar-refractivity contribution < 1.29 is 9.53 Å². The standard InChI is InChI=1S/C14H21N3O2S/c1-16(2)13(18)10-17(3)14(20)15-9-11-5-7-12(19-4)8-6-11/h5-8H,9-10H2,1-4H3,(H,15,20). The summed E-state index contributed by atoms with van der Waals surface area (Å²) in [5.74, 6) is 0.839. The van der Waals surface area contributed by atoms with Crippen LogP contribution in [0.1, 0.15) is 5.56 Å². The topological polar surface area (TPSA) is 44.8 Å². The van der Waals surface area contributed by atoms with Crippen molar-refractivity contribution in [3.8, 4) is 5.75 Å². The van der Waals surface area contributed by atoms with Gasteiger partial charge in [-0.25, -0.2) is 0 Å². The van der Waals surface area contributed by atoms with E-state index in [4.69, 9.17) is 17.0 Å². The predicted molar refractivity (Wildman–Crippen MR) is 83.8 cm³/mol. The summed E-state index contributed by atoms with van der Waals surface area (Å²) in [7, 11) is 6.89. The quantitative estimate of drug-likeness (QED) is 0.824. The first-order chi connectivity index (χ1) is 9.43. The third-order valence-electron chi connectivity index (χ3n) is 2.82. The van der Waals surface area contributed by atoms with Gasteiger partial charge in [-0.15, -0.1) is 0 Å². The molecule has 0 atom stereocenters.